The van der Waals surface area contributed by atoms with Gasteiger partial charge >= 0.3 is 5.97 Å². The van der Waals surface area contributed by atoms with Gasteiger partial charge in [-0.1, -0.05) is 13.8 Å². The lowest BCUT2D eigenvalue weighted by atomic mass is 10.6. The van der Waals surface area contributed by atoms with Crippen molar-refractivity contribution in [3.8, 4) is 5.75 Å². The smallest absolute Gasteiger partial charge is 0.308 e. The molecule has 11 heavy (non-hydrogen) atoms. The molecule has 0 atom stereocenters. The topological polar surface area (TPSA) is 39.4 Å². The highest BCUT2D eigenvalue weighted by Crippen LogP contribution is 2.09. The zero-order chi connectivity index (χ0) is 8.69. The van der Waals surface area contributed by atoms with E-state index in [0.717, 1.165) is 0 Å². The van der Waals surface area contributed by atoms with Gasteiger partial charge in [0.15, 0.2) is 5.75 Å². The van der Waals surface area contributed by atoms with Crippen molar-refractivity contribution >= 4 is 5.97 Å². The third kappa shape index (κ3) is 4.19. The Morgan fingerprint density at radius 1 is 1.55 bits per heavy atom. The van der Waals surface area contributed by atoms with E-state index in [1.54, 1.807) is 6.07 Å². The molecule has 0 bridgehead atoms. The lowest BCUT2D eigenvalue weighted by Gasteiger charge is -1.91. The van der Waals surface area contributed by atoms with E-state index in [1.165, 1.54) is 19.5 Å². The fraction of sp³-hybridized carbons (Fsp3) is 0.375. The summed E-state index contributed by atoms with van der Waals surface area (Å²) in [4.78, 5) is 10.2. The molecule has 62 valence electrons. The van der Waals surface area contributed by atoms with Crippen LogP contribution in [0.25, 0.3) is 0 Å². The van der Waals surface area contributed by atoms with Gasteiger partial charge in [0.05, 0.1) is 6.26 Å². The highest BCUT2D eigenvalue weighted by Gasteiger charge is 1.95. The van der Waals surface area contributed by atoms with Crippen LogP contribution < -0.4 is 4.74 Å². The first-order valence-electron chi connectivity index (χ1n) is 3.49. The summed E-state index contributed by atoms with van der Waals surface area (Å²) < 4.78 is 9.26. The van der Waals surface area contributed by atoms with Gasteiger partial charge in [0.2, 0.25) is 0 Å². The fourth-order valence-corrected chi connectivity index (χ4v) is 0.476. The second kappa shape index (κ2) is 5.53. The Morgan fingerprint density at radius 3 is 2.55 bits per heavy atom. The zero-order valence-corrected chi connectivity index (χ0v) is 6.96. The third-order valence-electron chi connectivity index (χ3n) is 0.757. The maximum absolute atomic E-state index is 10.2. The SMILES string of the molecule is CC.CC(=O)Oc1ccoc1. The van der Waals surface area contributed by atoms with Gasteiger partial charge in [0, 0.05) is 13.0 Å². The summed E-state index contributed by atoms with van der Waals surface area (Å²) in [5.41, 5.74) is 0. The van der Waals surface area contributed by atoms with Gasteiger partial charge in [-0.25, -0.2) is 0 Å². The van der Waals surface area contributed by atoms with E-state index in [0.29, 0.717) is 5.75 Å². The largest absolute Gasteiger partial charge is 0.469 e. The van der Waals surface area contributed by atoms with Gasteiger partial charge in [0.25, 0.3) is 0 Å². The average Bonchev–Trinajstić information content (AvgIpc) is 2.43. The summed E-state index contributed by atoms with van der Waals surface area (Å²) in [6.07, 6.45) is 2.81. The van der Waals surface area contributed by atoms with Crippen LogP contribution in [0.4, 0.5) is 0 Å². The lowest BCUT2D eigenvalue weighted by Crippen LogP contribution is -1.99. The van der Waals surface area contributed by atoms with E-state index >= 15 is 0 Å². The molecule has 0 amide bonds. The Hall–Kier alpha value is -1.25. The number of esters is 1. The molecule has 0 spiro atoms. The normalized spacial score (nSPS) is 7.91. The summed E-state index contributed by atoms with van der Waals surface area (Å²) in [6, 6.07) is 1.57. The number of rotatable bonds is 1. The average molecular weight is 156 g/mol. The first kappa shape index (κ1) is 9.75. The molecule has 0 saturated heterocycles. The maximum Gasteiger partial charge on any atom is 0.308 e. The van der Waals surface area contributed by atoms with Gasteiger partial charge < -0.3 is 9.15 Å². The summed E-state index contributed by atoms with van der Waals surface area (Å²) in [5.74, 6) is 0.110. The van der Waals surface area contributed by atoms with Crippen molar-refractivity contribution in [2.24, 2.45) is 0 Å². The van der Waals surface area contributed by atoms with Crippen molar-refractivity contribution < 1.29 is 13.9 Å². The molecule has 0 fully saturated rings. The summed E-state index contributed by atoms with van der Waals surface area (Å²) in [6.45, 7) is 5.34. The molecule has 0 aliphatic carbocycles. The Labute approximate surface area is 66.0 Å². The van der Waals surface area contributed by atoms with Crippen molar-refractivity contribution in [2.75, 3.05) is 0 Å². The molecule has 0 aliphatic heterocycles. The molecule has 0 saturated carbocycles. The summed E-state index contributed by atoms with van der Waals surface area (Å²) in [7, 11) is 0. The number of hydrogen-bond donors (Lipinski definition) is 0. The standard InChI is InChI=1S/C6H6O3.C2H6/c1-5(7)9-6-2-3-8-4-6;1-2/h2-4H,1H3;1-2H3. The molecule has 1 rings (SSSR count). The van der Waals surface area contributed by atoms with E-state index in [-0.39, 0.29) is 5.97 Å². The van der Waals surface area contributed by atoms with Crippen molar-refractivity contribution in [3.63, 3.8) is 0 Å². The van der Waals surface area contributed by atoms with Gasteiger partial charge in [0.1, 0.15) is 6.26 Å². The van der Waals surface area contributed by atoms with Crippen LogP contribution in [0.3, 0.4) is 0 Å². The minimum absolute atomic E-state index is 0.337. The van der Waals surface area contributed by atoms with Gasteiger partial charge in [-0.05, 0) is 0 Å². The Bertz CT molecular complexity index is 189. The molecular formula is C8H12O3. The molecule has 0 radical (unpaired) electrons. The van der Waals surface area contributed by atoms with Crippen LogP contribution in [-0.2, 0) is 4.79 Å². The molecule has 1 aromatic heterocycles. The predicted octanol–water partition coefficient (Wildman–Crippen LogP) is 2.23. The molecule has 1 heterocycles. The van der Waals surface area contributed by atoms with Gasteiger partial charge in [-0.2, -0.15) is 0 Å². The molecule has 0 unspecified atom stereocenters. The number of hydrogen-bond acceptors (Lipinski definition) is 3. The molecule has 3 heteroatoms. The second-order valence-corrected chi connectivity index (χ2v) is 1.55. The number of carbonyl (C=O) groups is 1. The Morgan fingerprint density at radius 2 is 2.18 bits per heavy atom. The van der Waals surface area contributed by atoms with Crippen LogP contribution in [0.2, 0.25) is 0 Å². The maximum atomic E-state index is 10.2. The second-order valence-electron chi connectivity index (χ2n) is 1.55. The quantitative estimate of drug-likeness (QED) is 0.585. The molecule has 0 aromatic carbocycles. The first-order valence-corrected chi connectivity index (χ1v) is 3.49. The van der Waals surface area contributed by atoms with Gasteiger partial charge in [-0.15, -0.1) is 0 Å². The van der Waals surface area contributed by atoms with E-state index in [1.807, 2.05) is 13.8 Å². The zero-order valence-electron chi connectivity index (χ0n) is 6.96. The number of ether oxygens (including phenoxy) is 1. The van der Waals surface area contributed by atoms with E-state index in [2.05, 4.69) is 9.15 Å². The summed E-state index contributed by atoms with van der Waals surface area (Å²) >= 11 is 0. The van der Waals surface area contributed by atoms with E-state index in [9.17, 15) is 4.79 Å². The Kier molecular flexibility index (Phi) is 4.90. The highest BCUT2D eigenvalue weighted by molar-refractivity contribution is 5.68. The molecule has 1 aromatic rings. The van der Waals surface area contributed by atoms with Crippen molar-refractivity contribution in [1.29, 1.82) is 0 Å². The van der Waals surface area contributed by atoms with Crippen LogP contribution >= 0.6 is 0 Å². The summed E-state index contributed by atoms with van der Waals surface area (Å²) in [5, 5.41) is 0. The van der Waals surface area contributed by atoms with Crippen LogP contribution in [-0.4, -0.2) is 5.97 Å². The van der Waals surface area contributed by atoms with Crippen LogP contribution in [0, 0.1) is 0 Å². The van der Waals surface area contributed by atoms with E-state index in [4.69, 9.17) is 0 Å². The fourth-order valence-electron chi connectivity index (χ4n) is 0.476. The number of furan rings is 1. The van der Waals surface area contributed by atoms with Crippen molar-refractivity contribution in [1.82, 2.24) is 0 Å². The highest BCUT2D eigenvalue weighted by atomic mass is 16.5. The van der Waals surface area contributed by atoms with Crippen LogP contribution in [0.5, 0.6) is 5.75 Å². The predicted molar refractivity (Wildman–Crippen MR) is 41.4 cm³/mol. The molecule has 0 N–H and O–H groups in total. The van der Waals surface area contributed by atoms with Crippen LogP contribution in [0.15, 0.2) is 23.0 Å². The minimum atomic E-state index is -0.337. The van der Waals surface area contributed by atoms with Gasteiger partial charge in [-0.3, -0.25) is 4.79 Å². The van der Waals surface area contributed by atoms with E-state index < -0.39 is 0 Å². The molecule has 0 aliphatic rings. The first-order chi connectivity index (χ1) is 5.29. The lowest BCUT2D eigenvalue weighted by molar-refractivity contribution is -0.131. The Balaban J connectivity index is 0.000000461. The molecule has 3 nitrogen and oxygen atoms in total. The monoisotopic (exact) mass is 156 g/mol. The van der Waals surface area contributed by atoms with Crippen molar-refractivity contribution in [2.45, 2.75) is 20.8 Å². The van der Waals surface area contributed by atoms with Crippen molar-refractivity contribution in [3.05, 3.63) is 18.6 Å². The third-order valence-corrected chi connectivity index (χ3v) is 0.757. The van der Waals surface area contributed by atoms with Crippen LogP contribution in [0.1, 0.15) is 20.8 Å². The minimum Gasteiger partial charge on any atom is -0.469 e. The molecular weight excluding hydrogens is 144 g/mol. The number of carbonyl (C=O) groups excluding carboxylic acids is 1.